The van der Waals surface area contributed by atoms with Gasteiger partial charge in [0.1, 0.15) is 11.5 Å². The molecule has 0 unspecified atom stereocenters. The molecular weight excluding hydrogens is 593 g/mol. The van der Waals surface area contributed by atoms with Gasteiger partial charge in [0, 0.05) is 10.9 Å². The molecule has 0 saturated heterocycles. The minimum absolute atomic E-state index is 0.175. The second-order valence-corrected chi connectivity index (χ2v) is 12.9. The highest BCUT2D eigenvalue weighted by atomic mass is 16.5. The zero-order chi connectivity index (χ0) is 36.4. The molecule has 0 amide bonds. The van der Waals surface area contributed by atoms with Crippen LogP contribution in [0.3, 0.4) is 0 Å². The van der Waals surface area contributed by atoms with Gasteiger partial charge in [-0.05, 0) is 124 Å². The van der Waals surface area contributed by atoms with E-state index in [-0.39, 0.29) is 29.7 Å². The van der Waals surface area contributed by atoms with Crippen molar-refractivity contribution in [2.24, 2.45) is 0 Å². The molecule has 1 heterocycles. The fourth-order valence-electron chi connectivity index (χ4n) is 8.03. The molecule has 11 rings (SSSR count). The Balaban J connectivity index is 1.17. The van der Waals surface area contributed by atoms with Crippen molar-refractivity contribution in [3.05, 3.63) is 170 Å². The first-order chi connectivity index (χ1) is 26.3. The first-order valence-corrected chi connectivity index (χ1v) is 16.5. The van der Waals surface area contributed by atoms with Crippen LogP contribution in [-0.4, -0.2) is 0 Å². The van der Waals surface area contributed by atoms with Crippen LogP contribution in [0, 0.1) is 0 Å². The molecule has 0 N–H and O–H groups in total. The van der Waals surface area contributed by atoms with E-state index < -0.39 is 6.04 Å². The predicted octanol–water partition coefficient (Wildman–Crippen LogP) is 13.7. The van der Waals surface area contributed by atoms with Crippen molar-refractivity contribution in [3.63, 3.8) is 0 Å². The molecule has 0 radical (unpaired) electrons. The Morgan fingerprint density at radius 1 is 0.347 bits per heavy atom. The summed E-state index contributed by atoms with van der Waals surface area (Å²) in [4.78, 5) is 0. The Hall–Kier alpha value is -6.44. The molecule has 0 aromatic heterocycles. The lowest BCUT2D eigenvalue weighted by Gasteiger charge is -2.23. The molecule has 1 aliphatic rings. The number of fused-ring (bicyclic) bond motifs is 4. The summed E-state index contributed by atoms with van der Waals surface area (Å²) in [6.07, 6.45) is 0. The summed E-state index contributed by atoms with van der Waals surface area (Å²) in [6.45, 7) is 0. The van der Waals surface area contributed by atoms with Crippen LogP contribution in [0.15, 0.2) is 170 Å². The van der Waals surface area contributed by atoms with E-state index in [2.05, 4.69) is 109 Å². The molecule has 49 heavy (non-hydrogen) atoms. The lowest BCUT2D eigenvalue weighted by Crippen LogP contribution is -1.98. The topological polar surface area (TPSA) is 9.23 Å². The normalized spacial score (nSPS) is 13.7. The van der Waals surface area contributed by atoms with Crippen LogP contribution in [-0.2, 0) is 0 Å². The van der Waals surface area contributed by atoms with Gasteiger partial charge >= 0.3 is 0 Å². The van der Waals surface area contributed by atoms with Gasteiger partial charge in [0.15, 0.2) is 0 Å². The third kappa shape index (κ3) is 3.94. The second-order valence-electron chi connectivity index (χ2n) is 12.9. The van der Waals surface area contributed by atoms with Crippen molar-refractivity contribution in [1.82, 2.24) is 0 Å². The van der Waals surface area contributed by atoms with Gasteiger partial charge in [-0.15, -0.1) is 0 Å². The van der Waals surface area contributed by atoms with Gasteiger partial charge in [0.05, 0.1) is 6.85 Å². The summed E-state index contributed by atoms with van der Waals surface area (Å²) in [5, 5.41) is 11.5. The standard InChI is InChI=1S/C48H28O/c1-2-8-29(9-3-1)35-24-36(26-37(25-35)39-21-18-32-17-16-30-11-6-12-31-19-22-42(39)47(32)46(30)31)33-20-23-44-43(27-33)41-15-7-14-40-38-13-5-4-10-34(38)28-45(49-44)48(40)41/h1-28H/i1D,2D,3D,8D,9D. The monoisotopic (exact) mass is 625 g/mol. The fourth-order valence-corrected chi connectivity index (χ4v) is 8.03. The van der Waals surface area contributed by atoms with Gasteiger partial charge in [-0.25, -0.2) is 0 Å². The van der Waals surface area contributed by atoms with Crippen LogP contribution < -0.4 is 4.74 Å². The maximum Gasteiger partial charge on any atom is 0.136 e. The van der Waals surface area contributed by atoms with Crippen molar-refractivity contribution in [3.8, 4) is 56.0 Å². The molecular formula is C48H28O. The van der Waals surface area contributed by atoms with Crippen LogP contribution in [0.2, 0.25) is 0 Å². The first kappa shape index (κ1) is 22.2. The highest BCUT2D eigenvalue weighted by Crippen LogP contribution is 2.50. The van der Waals surface area contributed by atoms with Crippen LogP contribution >= 0.6 is 0 Å². The number of ether oxygens (including phenoxy) is 1. The second kappa shape index (κ2) is 10.0. The summed E-state index contributed by atoms with van der Waals surface area (Å²) in [5.41, 5.74) is 6.46. The van der Waals surface area contributed by atoms with Crippen molar-refractivity contribution >= 4 is 53.9 Å². The van der Waals surface area contributed by atoms with Gasteiger partial charge in [-0.2, -0.15) is 0 Å². The maximum atomic E-state index is 8.92. The Bertz CT molecular complexity index is 3210. The third-order valence-electron chi connectivity index (χ3n) is 10.2. The Labute approximate surface area is 290 Å². The van der Waals surface area contributed by atoms with Gasteiger partial charge in [-0.3, -0.25) is 0 Å². The molecule has 10 aromatic carbocycles. The molecule has 1 aliphatic heterocycles. The zero-order valence-electron chi connectivity index (χ0n) is 31.2. The lowest BCUT2D eigenvalue weighted by molar-refractivity contribution is 0.488. The Morgan fingerprint density at radius 3 is 1.92 bits per heavy atom. The number of rotatable bonds is 3. The molecule has 0 atom stereocenters. The molecule has 0 aliphatic carbocycles. The molecule has 1 heteroatoms. The highest BCUT2D eigenvalue weighted by Gasteiger charge is 2.22. The highest BCUT2D eigenvalue weighted by molar-refractivity contribution is 6.25. The van der Waals surface area contributed by atoms with Crippen molar-refractivity contribution in [1.29, 1.82) is 0 Å². The minimum atomic E-state index is -0.408. The van der Waals surface area contributed by atoms with Crippen molar-refractivity contribution < 1.29 is 11.6 Å². The number of hydrogen-bond acceptors (Lipinski definition) is 1. The maximum absolute atomic E-state index is 8.92. The van der Waals surface area contributed by atoms with E-state index in [1.54, 1.807) is 0 Å². The van der Waals surface area contributed by atoms with E-state index in [4.69, 9.17) is 11.6 Å². The van der Waals surface area contributed by atoms with Gasteiger partial charge in [-0.1, -0.05) is 133 Å². The van der Waals surface area contributed by atoms with Crippen LogP contribution in [0.5, 0.6) is 11.5 Å². The molecule has 0 fully saturated rings. The molecule has 1 nitrogen and oxygen atoms in total. The summed E-state index contributed by atoms with van der Waals surface area (Å²) in [5.74, 6) is 1.60. The number of benzene rings is 10. The average Bonchev–Trinajstić information content (AvgIpc) is 3.21. The quantitative estimate of drug-likeness (QED) is 0.178. The third-order valence-corrected chi connectivity index (χ3v) is 10.2. The zero-order valence-corrected chi connectivity index (χ0v) is 26.2. The lowest BCUT2D eigenvalue weighted by atomic mass is 9.87. The number of hydrogen-bond donors (Lipinski definition) is 0. The summed E-state index contributed by atoms with van der Waals surface area (Å²) >= 11 is 0. The Kier molecular flexibility index (Phi) is 4.54. The summed E-state index contributed by atoms with van der Waals surface area (Å²) in [6, 6.07) is 46.9. The molecule has 0 spiro atoms. The summed E-state index contributed by atoms with van der Waals surface area (Å²) < 4.78 is 49.7. The van der Waals surface area contributed by atoms with Gasteiger partial charge in [0.25, 0.3) is 0 Å². The van der Waals surface area contributed by atoms with E-state index in [0.717, 1.165) is 71.8 Å². The molecule has 0 bridgehead atoms. The van der Waals surface area contributed by atoms with Crippen molar-refractivity contribution in [2.75, 3.05) is 0 Å². The van der Waals surface area contributed by atoms with E-state index in [1.165, 1.54) is 26.9 Å². The van der Waals surface area contributed by atoms with Crippen molar-refractivity contribution in [2.45, 2.75) is 0 Å². The van der Waals surface area contributed by atoms with E-state index in [1.807, 2.05) is 30.3 Å². The van der Waals surface area contributed by atoms with Gasteiger partial charge in [0.2, 0.25) is 0 Å². The van der Waals surface area contributed by atoms with Gasteiger partial charge < -0.3 is 4.74 Å². The average molecular weight is 626 g/mol. The fraction of sp³-hybridized carbons (Fsp3) is 0. The molecule has 0 saturated carbocycles. The largest absolute Gasteiger partial charge is 0.456 e. The van der Waals surface area contributed by atoms with Crippen LogP contribution in [0.4, 0.5) is 0 Å². The summed E-state index contributed by atoms with van der Waals surface area (Å²) in [7, 11) is 0. The minimum Gasteiger partial charge on any atom is -0.456 e. The molecule has 226 valence electrons. The SMILES string of the molecule is [2H]c1c([2H])c([2H])c(-c2cc(-c3ccc4c(c3)-c3cccc5c3c(cc3ccccc35)O4)cc(-c3ccc4ccc5cccc6ccc3c4c56)c2)c([2H])c1[2H]. The Morgan fingerprint density at radius 2 is 1.04 bits per heavy atom. The molecule has 10 aromatic rings. The van der Waals surface area contributed by atoms with E-state index in [9.17, 15) is 0 Å². The van der Waals surface area contributed by atoms with Crippen LogP contribution in [0.25, 0.3) is 98.4 Å². The smallest absolute Gasteiger partial charge is 0.136 e. The van der Waals surface area contributed by atoms with E-state index in [0.29, 0.717) is 5.56 Å². The predicted molar refractivity (Wildman–Crippen MR) is 207 cm³/mol. The van der Waals surface area contributed by atoms with E-state index >= 15 is 0 Å². The first-order valence-electron chi connectivity index (χ1n) is 19.0. The van der Waals surface area contributed by atoms with Crippen LogP contribution in [0.1, 0.15) is 6.85 Å².